The highest BCUT2D eigenvalue weighted by Crippen LogP contribution is 2.60. The average molecular weight is 656 g/mol. The number of aromatic amines is 1. The van der Waals surface area contributed by atoms with Crippen molar-refractivity contribution in [2.24, 2.45) is 23.7 Å². The number of benzene rings is 1. The molecule has 5 heterocycles. The van der Waals surface area contributed by atoms with E-state index in [4.69, 9.17) is 24.0 Å². The molecule has 2 amide bonds. The molecule has 256 valence electrons. The first-order valence-electron chi connectivity index (χ1n) is 16.7. The minimum atomic E-state index is -1.13. The number of H-pyrrole nitrogens is 1. The SMILES string of the molecule is C[C@@H]1[C@H](OC(=O)CCC(=O)NCCCC(=O)N[C@H](Cc2c[nH]c3ccccc23)C(=O)O)O[C@H]2O[C@@]3(C)CC[C@H]4[C@H](C)CC[C@H]1[C@@]24OO3. The van der Waals surface area contributed by atoms with E-state index in [0.717, 1.165) is 35.7 Å². The molecule has 13 nitrogen and oxygen atoms in total. The molecule has 5 aliphatic rings. The molecule has 0 radical (unpaired) electrons. The molecular weight excluding hydrogens is 610 g/mol. The van der Waals surface area contributed by atoms with Crippen LogP contribution in [0.4, 0.5) is 0 Å². The first-order chi connectivity index (χ1) is 22.5. The second-order valence-electron chi connectivity index (χ2n) is 13.7. The van der Waals surface area contributed by atoms with Crippen LogP contribution in [0.1, 0.15) is 77.7 Å². The first kappa shape index (κ1) is 33.4. The van der Waals surface area contributed by atoms with Gasteiger partial charge in [0.05, 0.1) is 6.42 Å². The summed E-state index contributed by atoms with van der Waals surface area (Å²) in [5.41, 5.74) is 0.940. The molecule has 13 heteroatoms. The van der Waals surface area contributed by atoms with Crippen LogP contribution in [0.25, 0.3) is 10.9 Å². The van der Waals surface area contributed by atoms with Crippen molar-refractivity contribution in [3.05, 3.63) is 36.0 Å². The third-order valence-corrected chi connectivity index (χ3v) is 10.5. The Morgan fingerprint density at radius 3 is 2.66 bits per heavy atom. The minimum absolute atomic E-state index is 0.0164. The summed E-state index contributed by atoms with van der Waals surface area (Å²) >= 11 is 0. The predicted molar refractivity (Wildman–Crippen MR) is 166 cm³/mol. The van der Waals surface area contributed by atoms with Crippen LogP contribution in [0.5, 0.6) is 0 Å². The number of carbonyl (C=O) groups excluding carboxylic acids is 3. The van der Waals surface area contributed by atoms with Gasteiger partial charge in [-0.05, 0) is 56.1 Å². The van der Waals surface area contributed by atoms with Gasteiger partial charge in [-0.1, -0.05) is 32.0 Å². The Kier molecular flexibility index (Phi) is 9.62. The van der Waals surface area contributed by atoms with E-state index in [9.17, 15) is 24.3 Å². The maximum Gasteiger partial charge on any atom is 0.326 e. The van der Waals surface area contributed by atoms with E-state index in [2.05, 4.69) is 22.5 Å². The number of hydrogen-bond acceptors (Lipinski definition) is 9. The summed E-state index contributed by atoms with van der Waals surface area (Å²) in [4.78, 5) is 64.6. The maximum absolute atomic E-state index is 12.8. The number of aliphatic carboxylic acids is 1. The maximum atomic E-state index is 12.8. The summed E-state index contributed by atoms with van der Waals surface area (Å²) in [6.07, 6.45) is 3.94. The second-order valence-corrected chi connectivity index (χ2v) is 13.7. The molecule has 2 aromatic rings. The molecule has 4 saturated heterocycles. The minimum Gasteiger partial charge on any atom is -0.480 e. The molecule has 7 rings (SSSR count). The molecule has 47 heavy (non-hydrogen) atoms. The van der Waals surface area contributed by atoms with E-state index in [-0.39, 0.29) is 55.9 Å². The Balaban J connectivity index is 0.922. The lowest BCUT2D eigenvalue weighted by molar-refractivity contribution is -0.576. The molecule has 1 aliphatic carbocycles. The number of nitrogens with one attached hydrogen (secondary N) is 3. The van der Waals surface area contributed by atoms with Crippen LogP contribution in [-0.4, -0.2) is 70.4 Å². The molecule has 1 aromatic heterocycles. The monoisotopic (exact) mass is 655 g/mol. The van der Waals surface area contributed by atoms with Gasteiger partial charge in [0.1, 0.15) is 6.04 Å². The van der Waals surface area contributed by atoms with Crippen LogP contribution in [-0.2, 0) is 49.6 Å². The zero-order valence-corrected chi connectivity index (χ0v) is 27.1. The molecule has 9 atom stereocenters. The van der Waals surface area contributed by atoms with Crippen LogP contribution in [0.15, 0.2) is 30.5 Å². The number of rotatable bonds is 12. The van der Waals surface area contributed by atoms with Crippen molar-refractivity contribution in [2.75, 3.05) is 6.54 Å². The largest absolute Gasteiger partial charge is 0.480 e. The van der Waals surface area contributed by atoms with Crippen molar-refractivity contribution in [2.45, 2.75) is 109 Å². The van der Waals surface area contributed by atoms with Crippen molar-refractivity contribution in [3.8, 4) is 0 Å². The summed E-state index contributed by atoms with van der Waals surface area (Å²) in [7, 11) is 0. The van der Waals surface area contributed by atoms with Gasteiger partial charge < -0.3 is 34.9 Å². The summed E-state index contributed by atoms with van der Waals surface area (Å²) in [6, 6.07) is 6.47. The number of carbonyl (C=O) groups is 4. The van der Waals surface area contributed by atoms with E-state index < -0.39 is 47.9 Å². The third-order valence-electron chi connectivity index (χ3n) is 10.5. The Labute approximate surface area is 273 Å². The Morgan fingerprint density at radius 1 is 1.04 bits per heavy atom. The standard InChI is InChI=1S/C34H45N3O10/c1-19-10-11-24-20(2)31(44-32-34(24)23(19)14-15-33(3,45-32)46-47-34)43-29(40)13-12-27(38)35-16-6-9-28(39)37-26(30(41)42)17-21-18-36-25-8-5-4-7-22(21)25/h4-5,7-8,18-20,23-24,26,31-32,36H,6,9-17H2,1-3H3,(H,35,38)(H,37,39)(H,41,42)/t19-,20+,23+,24-,26-,31-,32+,33-,34-/m1/s1. The number of fused-ring (bicyclic) bond motifs is 3. The van der Waals surface area contributed by atoms with Gasteiger partial charge in [0.25, 0.3) is 0 Å². The number of hydrogen-bond donors (Lipinski definition) is 4. The number of amides is 2. The molecule has 5 fully saturated rings. The van der Waals surface area contributed by atoms with Gasteiger partial charge in [-0.25, -0.2) is 14.6 Å². The van der Waals surface area contributed by atoms with Crippen LogP contribution in [0.2, 0.25) is 0 Å². The van der Waals surface area contributed by atoms with Gasteiger partial charge in [0.2, 0.25) is 23.9 Å². The zero-order valence-electron chi connectivity index (χ0n) is 27.1. The quantitative estimate of drug-likeness (QED) is 0.150. The molecule has 0 unspecified atom stereocenters. The van der Waals surface area contributed by atoms with Gasteiger partial charge in [-0.2, -0.15) is 0 Å². The van der Waals surface area contributed by atoms with Crippen molar-refractivity contribution in [3.63, 3.8) is 0 Å². The first-order valence-corrected chi connectivity index (χ1v) is 16.7. The number of ether oxygens (including phenoxy) is 3. The average Bonchev–Trinajstić information content (AvgIpc) is 3.31. The molecular formula is C34H45N3O10. The molecule has 4 aliphatic heterocycles. The normalized spacial score (nSPS) is 33.3. The fourth-order valence-electron chi connectivity index (χ4n) is 7.96. The summed E-state index contributed by atoms with van der Waals surface area (Å²) in [5.74, 6) is -2.91. The highest BCUT2D eigenvalue weighted by molar-refractivity contribution is 5.87. The summed E-state index contributed by atoms with van der Waals surface area (Å²) in [6.45, 7) is 6.26. The lowest BCUT2D eigenvalue weighted by Crippen LogP contribution is -2.70. The zero-order chi connectivity index (χ0) is 33.3. The number of carboxylic acid groups (broad SMARTS) is 1. The molecule has 4 N–H and O–H groups in total. The summed E-state index contributed by atoms with van der Waals surface area (Å²) < 4.78 is 18.3. The topological polar surface area (TPSA) is 175 Å². The Hall–Kier alpha value is -3.52. The van der Waals surface area contributed by atoms with Crippen LogP contribution in [0.3, 0.4) is 0 Å². The van der Waals surface area contributed by atoms with Gasteiger partial charge in [0.15, 0.2) is 11.9 Å². The van der Waals surface area contributed by atoms with E-state index in [1.165, 1.54) is 0 Å². The Bertz CT molecular complexity index is 1500. The fraction of sp³-hybridized carbons (Fsp3) is 0.647. The van der Waals surface area contributed by atoms with Gasteiger partial charge in [-0.15, -0.1) is 0 Å². The highest BCUT2D eigenvalue weighted by Gasteiger charge is 2.69. The van der Waals surface area contributed by atoms with E-state index in [1.807, 2.05) is 38.1 Å². The number of carboxylic acids is 1. The predicted octanol–water partition coefficient (Wildman–Crippen LogP) is 3.71. The number of aromatic nitrogens is 1. The van der Waals surface area contributed by atoms with Crippen molar-refractivity contribution in [1.82, 2.24) is 15.6 Å². The summed E-state index contributed by atoms with van der Waals surface area (Å²) in [5, 5.41) is 15.9. The Morgan fingerprint density at radius 2 is 1.85 bits per heavy atom. The van der Waals surface area contributed by atoms with Gasteiger partial charge in [-0.3, -0.25) is 14.4 Å². The van der Waals surface area contributed by atoms with E-state index >= 15 is 0 Å². The van der Waals surface area contributed by atoms with Crippen LogP contribution >= 0.6 is 0 Å². The fourth-order valence-corrected chi connectivity index (χ4v) is 7.96. The van der Waals surface area contributed by atoms with Crippen LogP contribution in [0, 0.1) is 23.7 Å². The molecule has 2 bridgehead atoms. The smallest absolute Gasteiger partial charge is 0.326 e. The third kappa shape index (κ3) is 6.76. The van der Waals surface area contributed by atoms with Crippen molar-refractivity contribution in [1.29, 1.82) is 0 Å². The van der Waals surface area contributed by atoms with Gasteiger partial charge in [0, 0.05) is 61.2 Å². The van der Waals surface area contributed by atoms with Gasteiger partial charge >= 0.3 is 11.9 Å². The number of para-hydroxylation sites is 1. The van der Waals surface area contributed by atoms with E-state index in [1.54, 1.807) is 6.20 Å². The highest BCUT2D eigenvalue weighted by atomic mass is 17.3. The lowest BCUT2D eigenvalue weighted by atomic mass is 9.58. The van der Waals surface area contributed by atoms with Crippen LogP contribution < -0.4 is 10.6 Å². The molecule has 1 aromatic carbocycles. The van der Waals surface area contributed by atoms with Crippen molar-refractivity contribution >= 4 is 34.7 Å². The molecule has 1 saturated carbocycles. The van der Waals surface area contributed by atoms with Crippen molar-refractivity contribution < 1.29 is 48.3 Å². The lowest BCUT2D eigenvalue weighted by Gasteiger charge is -2.59. The molecule has 1 spiro atoms. The number of esters is 1. The second kappa shape index (κ2) is 13.5. The van der Waals surface area contributed by atoms with E-state index in [0.29, 0.717) is 18.8 Å².